The van der Waals surface area contributed by atoms with Gasteiger partial charge >= 0.3 is 5.97 Å². The Balaban J connectivity index is 1.71. The molecule has 3 aliphatic rings. The Morgan fingerprint density at radius 3 is 2.48 bits per heavy atom. The van der Waals surface area contributed by atoms with Crippen molar-refractivity contribution in [1.82, 2.24) is 0 Å². The quantitative estimate of drug-likeness (QED) is 0.155. The van der Waals surface area contributed by atoms with Crippen LogP contribution in [-0.2, 0) is 33.3 Å². The molecule has 0 radical (unpaired) electrons. The van der Waals surface area contributed by atoms with Crippen molar-refractivity contribution in [3.8, 4) is 0 Å². The highest BCUT2D eigenvalue weighted by molar-refractivity contribution is 5.85. The molecule has 0 aromatic carbocycles. The lowest BCUT2D eigenvalue weighted by Gasteiger charge is -2.31. The van der Waals surface area contributed by atoms with Crippen molar-refractivity contribution in [2.24, 2.45) is 17.8 Å². The number of carboxylic acids is 1. The summed E-state index contributed by atoms with van der Waals surface area (Å²) in [6, 6.07) is 0. The van der Waals surface area contributed by atoms with Crippen molar-refractivity contribution < 1.29 is 38.4 Å². The van der Waals surface area contributed by atoms with E-state index in [9.17, 15) is 9.59 Å². The Hall–Kier alpha value is -1.58. The minimum atomic E-state index is -0.780. The van der Waals surface area contributed by atoms with Crippen LogP contribution in [0.2, 0.25) is 0 Å². The van der Waals surface area contributed by atoms with Gasteiger partial charge in [0, 0.05) is 51.6 Å². The van der Waals surface area contributed by atoms with Crippen LogP contribution in [0.3, 0.4) is 0 Å². The highest BCUT2D eigenvalue weighted by Gasteiger charge is 2.42. The van der Waals surface area contributed by atoms with E-state index in [1.807, 2.05) is 12.2 Å². The third-order valence-corrected chi connectivity index (χ3v) is 8.28. The first kappa shape index (κ1) is 32.9. The van der Waals surface area contributed by atoms with Crippen molar-refractivity contribution in [3.63, 3.8) is 0 Å². The predicted molar refractivity (Wildman–Crippen MR) is 153 cm³/mol. The molecule has 40 heavy (non-hydrogen) atoms. The Kier molecular flexibility index (Phi) is 15.5. The van der Waals surface area contributed by atoms with Crippen LogP contribution in [0.25, 0.3) is 0 Å². The maximum absolute atomic E-state index is 13.2. The molecule has 1 saturated carbocycles. The monoisotopic (exact) mass is 564 g/mol. The Bertz CT molecular complexity index is 784. The largest absolute Gasteiger partial charge is 0.481 e. The molecule has 1 N–H and O–H groups in total. The number of aliphatic carboxylic acids is 1. The third kappa shape index (κ3) is 11.7. The van der Waals surface area contributed by atoms with E-state index >= 15 is 0 Å². The summed E-state index contributed by atoms with van der Waals surface area (Å²) in [6.07, 6.45) is 19.2. The number of carbonyl (C=O) groups excluding carboxylic acids is 1. The van der Waals surface area contributed by atoms with Gasteiger partial charge in [-0.15, -0.1) is 0 Å². The smallest absolute Gasteiger partial charge is 0.303 e. The van der Waals surface area contributed by atoms with E-state index in [4.69, 9.17) is 28.8 Å². The highest BCUT2D eigenvalue weighted by Crippen LogP contribution is 2.37. The number of unbranched alkanes of at least 4 members (excludes halogenated alkanes) is 2. The fourth-order valence-corrected chi connectivity index (χ4v) is 5.87. The molecule has 8 heteroatoms. The lowest BCUT2D eigenvalue weighted by atomic mass is 9.89. The highest BCUT2D eigenvalue weighted by atomic mass is 16.7. The van der Waals surface area contributed by atoms with Gasteiger partial charge in [-0.05, 0) is 76.5 Å². The molecule has 0 aromatic heterocycles. The van der Waals surface area contributed by atoms with Gasteiger partial charge in [-0.25, -0.2) is 0 Å². The first-order chi connectivity index (χ1) is 19.5. The van der Waals surface area contributed by atoms with Crippen molar-refractivity contribution >= 4 is 11.8 Å². The van der Waals surface area contributed by atoms with Crippen LogP contribution < -0.4 is 0 Å². The average molecular weight is 565 g/mol. The zero-order valence-electron chi connectivity index (χ0n) is 24.7. The molecule has 2 heterocycles. The lowest BCUT2D eigenvalue weighted by Crippen LogP contribution is -2.32. The van der Waals surface area contributed by atoms with Gasteiger partial charge < -0.3 is 28.8 Å². The normalized spacial score (nSPS) is 29.4. The van der Waals surface area contributed by atoms with Crippen molar-refractivity contribution in [1.29, 1.82) is 0 Å². The molecule has 2 saturated heterocycles. The number of hydrogen-bond donors (Lipinski definition) is 1. The fourth-order valence-electron chi connectivity index (χ4n) is 5.87. The summed E-state index contributed by atoms with van der Waals surface area (Å²) in [6.45, 7) is 4.42. The van der Waals surface area contributed by atoms with Gasteiger partial charge in [0.25, 0.3) is 0 Å². The topological polar surface area (TPSA) is 101 Å². The number of allylic oxidation sites excluding steroid dienone is 2. The number of hydrogen-bond acceptors (Lipinski definition) is 7. The molecule has 2 aliphatic heterocycles. The van der Waals surface area contributed by atoms with Crippen LogP contribution in [0.4, 0.5) is 0 Å². The molecule has 0 amide bonds. The SMILES string of the molecule is COCCCCC(C)C(/C=C/[C@H]1[C@H](OC2CCCCO2)CC(=O)[C@@H]1C/C=C\CCCC(=O)O)OC1CCCCO1. The van der Waals surface area contributed by atoms with Gasteiger partial charge in [-0.1, -0.05) is 37.6 Å². The Labute approximate surface area is 240 Å². The van der Waals surface area contributed by atoms with Crippen LogP contribution in [-0.4, -0.2) is 68.6 Å². The van der Waals surface area contributed by atoms with Gasteiger partial charge in [-0.3, -0.25) is 9.59 Å². The summed E-state index contributed by atoms with van der Waals surface area (Å²) < 4.78 is 29.9. The van der Waals surface area contributed by atoms with Crippen molar-refractivity contribution in [2.75, 3.05) is 26.9 Å². The number of carbonyl (C=O) groups is 2. The third-order valence-electron chi connectivity index (χ3n) is 8.28. The molecular weight excluding hydrogens is 512 g/mol. The molecule has 0 bridgehead atoms. The van der Waals surface area contributed by atoms with Crippen molar-refractivity contribution in [2.45, 2.75) is 122 Å². The van der Waals surface area contributed by atoms with Gasteiger partial charge in [-0.2, -0.15) is 0 Å². The minimum Gasteiger partial charge on any atom is -0.481 e. The lowest BCUT2D eigenvalue weighted by molar-refractivity contribution is -0.193. The zero-order chi connectivity index (χ0) is 28.6. The molecule has 4 unspecified atom stereocenters. The molecule has 0 spiro atoms. The van der Waals surface area contributed by atoms with E-state index in [-0.39, 0.29) is 48.8 Å². The average Bonchev–Trinajstić information content (AvgIpc) is 3.24. The summed E-state index contributed by atoms with van der Waals surface area (Å²) in [4.78, 5) is 24.0. The van der Waals surface area contributed by atoms with Crippen LogP contribution in [0, 0.1) is 17.8 Å². The Morgan fingerprint density at radius 2 is 1.80 bits per heavy atom. The summed E-state index contributed by atoms with van der Waals surface area (Å²) in [5, 5.41) is 8.87. The summed E-state index contributed by atoms with van der Waals surface area (Å²) >= 11 is 0. The molecule has 7 atom stereocenters. The summed E-state index contributed by atoms with van der Waals surface area (Å²) in [5.41, 5.74) is 0. The van der Waals surface area contributed by atoms with Gasteiger partial charge in [0.1, 0.15) is 5.78 Å². The maximum Gasteiger partial charge on any atom is 0.303 e. The fraction of sp³-hybridized carbons (Fsp3) is 0.812. The van der Waals surface area contributed by atoms with E-state index in [0.29, 0.717) is 38.2 Å². The van der Waals surface area contributed by atoms with Crippen LogP contribution in [0.1, 0.15) is 96.8 Å². The number of Topliss-reactive ketones (excluding diaryl/α,β-unsaturated/α-hetero) is 1. The van der Waals surface area contributed by atoms with Crippen LogP contribution in [0.15, 0.2) is 24.3 Å². The maximum atomic E-state index is 13.2. The first-order valence-electron chi connectivity index (χ1n) is 15.6. The van der Waals surface area contributed by atoms with E-state index in [1.165, 1.54) is 0 Å². The first-order valence-corrected chi connectivity index (χ1v) is 15.6. The van der Waals surface area contributed by atoms with E-state index in [2.05, 4.69) is 19.1 Å². The van der Waals surface area contributed by atoms with Crippen molar-refractivity contribution in [3.05, 3.63) is 24.3 Å². The van der Waals surface area contributed by atoms with Gasteiger partial charge in [0.15, 0.2) is 12.6 Å². The Morgan fingerprint density at radius 1 is 1.05 bits per heavy atom. The molecular formula is C32H52O8. The number of ketones is 1. The summed E-state index contributed by atoms with van der Waals surface area (Å²) in [7, 11) is 1.74. The van der Waals surface area contributed by atoms with E-state index in [1.54, 1.807) is 7.11 Å². The molecule has 3 rings (SSSR count). The molecule has 8 nitrogen and oxygen atoms in total. The van der Waals surface area contributed by atoms with Crippen LogP contribution in [0.5, 0.6) is 0 Å². The van der Waals surface area contributed by atoms with Gasteiger partial charge in [0.2, 0.25) is 0 Å². The second kappa shape index (κ2) is 18.8. The zero-order valence-corrected chi connectivity index (χ0v) is 24.7. The molecule has 3 fully saturated rings. The number of ether oxygens (including phenoxy) is 5. The molecule has 1 aliphatic carbocycles. The minimum absolute atomic E-state index is 0.0687. The molecule has 0 aromatic rings. The number of rotatable bonds is 18. The van der Waals surface area contributed by atoms with Crippen LogP contribution >= 0.6 is 0 Å². The van der Waals surface area contributed by atoms with E-state index < -0.39 is 5.97 Å². The second-order valence-corrected chi connectivity index (χ2v) is 11.6. The van der Waals surface area contributed by atoms with Gasteiger partial charge in [0.05, 0.1) is 12.2 Å². The molecule has 228 valence electrons. The van der Waals surface area contributed by atoms with E-state index in [0.717, 1.165) is 71.0 Å². The number of carboxylic acid groups (broad SMARTS) is 1. The summed E-state index contributed by atoms with van der Waals surface area (Å²) in [5.74, 6) is -0.515. The number of methoxy groups -OCH3 is 1. The second-order valence-electron chi connectivity index (χ2n) is 11.6. The standard InChI is InChI=1S/C32H52O8/c1-24(13-7-10-20-36-2)28(39-31-16-8-11-21-37-31)19-18-26-25(14-5-3-4-6-15-30(34)35)27(33)23-29(26)40-32-17-9-12-22-38-32/h3,5,18-19,24-26,28-29,31-32H,4,6-17,20-23H2,1-2H3,(H,34,35)/b5-3-,19-18+/t24?,25-,26-,28?,29-,31?,32?/m1/s1. The predicted octanol–water partition coefficient (Wildman–Crippen LogP) is 6.23.